The number of halogens is 3. The molecule has 0 aliphatic carbocycles. The van der Waals surface area contributed by atoms with Gasteiger partial charge in [-0.3, -0.25) is 4.79 Å². The zero-order valence-electron chi connectivity index (χ0n) is 15.0. The second-order valence-electron chi connectivity index (χ2n) is 6.16. The number of amides is 1. The van der Waals surface area contributed by atoms with Crippen LogP contribution in [-0.2, 0) is 17.4 Å². The van der Waals surface area contributed by atoms with Crippen LogP contribution in [0.5, 0.6) is 5.75 Å². The van der Waals surface area contributed by atoms with E-state index in [9.17, 15) is 22.8 Å². The largest absolute Gasteiger partial charge is 0.497 e. The van der Waals surface area contributed by atoms with Crippen LogP contribution < -0.4 is 15.7 Å². The van der Waals surface area contributed by atoms with Crippen molar-refractivity contribution in [2.45, 2.75) is 19.5 Å². The molecule has 1 amide bonds. The highest BCUT2D eigenvalue weighted by molar-refractivity contribution is 5.93. The summed E-state index contributed by atoms with van der Waals surface area (Å²) >= 11 is 0. The monoisotopic (exact) mass is 391 g/mol. The maximum Gasteiger partial charge on any atom is 0.416 e. The number of benzene rings is 2. The van der Waals surface area contributed by atoms with Crippen molar-refractivity contribution in [3.05, 3.63) is 69.6 Å². The van der Waals surface area contributed by atoms with Gasteiger partial charge in [-0.05, 0) is 42.8 Å². The van der Waals surface area contributed by atoms with Crippen LogP contribution in [0.2, 0.25) is 0 Å². The van der Waals surface area contributed by atoms with Crippen molar-refractivity contribution in [3.63, 3.8) is 0 Å². The van der Waals surface area contributed by atoms with E-state index in [1.807, 2.05) is 0 Å². The molecule has 1 aromatic heterocycles. The van der Waals surface area contributed by atoms with Gasteiger partial charge < -0.3 is 14.5 Å². The first-order valence-corrected chi connectivity index (χ1v) is 8.26. The fraction of sp³-hybridized carbons (Fsp3) is 0.200. The topological polar surface area (TPSA) is 68.5 Å². The molecule has 0 bridgehead atoms. The highest BCUT2D eigenvalue weighted by Crippen LogP contribution is 2.30. The van der Waals surface area contributed by atoms with Gasteiger partial charge in [-0.25, -0.2) is 4.79 Å². The Morgan fingerprint density at radius 3 is 2.61 bits per heavy atom. The van der Waals surface area contributed by atoms with Crippen LogP contribution in [0.25, 0.3) is 11.0 Å². The minimum atomic E-state index is -4.52. The van der Waals surface area contributed by atoms with Crippen molar-refractivity contribution in [1.29, 1.82) is 0 Å². The van der Waals surface area contributed by atoms with Crippen molar-refractivity contribution in [1.82, 2.24) is 0 Å². The Morgan fingerprint density at radius 1 is 1.18 bits per heavy atom. The number of carbonyl (C=O) groups is 1. The van der Waals surface area contributed by atoms with Gasteiger partial charge in [-0.1, -0.05) is 6.07 Å². The molecule has 0 atom stereocenters. The van der Waals surface area contributed by atoms with E-state index in [4.69, 9.17) is 9.15 Å². The summed E-state index contributed by atoms with van der Waals surface area (Å²) in [5.74, 6) is -0.104. The summed E-state index contributed by atoms with van der Waals surface area (Å²) < 4.78 is 48.7. The molecule has 3 aromatic rings. The lowest BCUT2D eigenvalue weighted by molar-refractivity contribution is -0.137. The normalized spacial score (nSPS) is 11.5. The van der Waals surface area contributed by atoms with Crippen LogP contribution in [0.15, 0.2) is 51.7 Å². The smallest absolute Gasteiger partial charge is 0.416 e. The van der Waals surface area contributed by atoms with Crippen LogP contribution in [0, 0.1) is 6.92 Å². The van der Waals surface area contributed by atoms with E-state index < -0.39 is 23.3 Å². The average Bonchev–Trinajstić information content (AvgIpc) is 2.64. The summed E-state index contributed by atoms with van der Waals surface area (Å²) in [6.07, 6.45) is -4.84. The number of hydrogen-bond donors (Lipinski definition) is 1. The molecule has 5 nitrogen and oxygen atoms in total. The van der Waals surface area contributed by atoms with Gasteiger partial charge >= 0.3 is 11.8 Å². The first kappa shape index (κ1) is 19.5. The van der Waals surface area contributed by atoms with Crippen molar-refractivity contribution in [2.75, 3.05) is 12.4 Å². The van der Waals surface area contributed by atoms with Crippen LogP contribution in [0.4, 0.5) is 18.9 Å². The minimum Gasteiger partial charge on any atom is -0.497 e. The van der Waals surface area contributed by atoms with Crippen LogP contribution in [0.3, 0.4) is 0 Å². The Balaban J connectivity index is 1.86. The zero-order chi connectivity index (χ0) is 20.5. The number of anilines is 1. The van der Waals surface area contributed by atoms with E-state index in [2.05, 4.69) is 5.32 Å². The number of fused-ring (bicyclic) bond motifs is 1. The molecule has 8 heteroatoms. The summed E-state index contributed by atoms with van der Waals surface area (Å²) in [5.41, 5.74) is -0.537. The van der Waals surface area contributed by atoms with Crippen molar-refractivity contribution in [2.24, 2.45) is 0 Å². The number of alkyl halides is 3. The van der Waals surface area contributed by atoms with Gasteiger partial charge in [0.2, 0.25) is 5.91 Å². The number of rotatable bonds is 4. The first-order valence-electron chi connectivity index (χ1n) is 8.26. The highest BCUT2D eigenvalue weighted by atomic mass is 19.4. The summed E-state index contributed by atoms with van der Waals surface area (Å²) in [6.45, 7) is 1.68. The molecule has 2 aromatic carbocycles. The summed E-state index contributed by atoms with van der Waals surface area (Å²) in [6, 6.07) is 9.25. The van der Waals surface area contributed by atoms with E-state index in [1.165, 1.54) is 19.2 Å². The molecular weight excluding hydrogens is 375 g/mol. The van der Waals surface area contributed by atoms with Gasteiger partial charge in [0.15, 0.2) is 0 Å². The molecular formula is C20H16F3NO4. The first-order chi connectivity index (χ1) is 13.2. The number of carbonyl (C=O) groups excluding carboxylic acids is 1. The number of aryl methyl sites for hydroxylation is 1. The lowest BCUT2D eigenvalue weighted by Crippen LogP contribution is -2.21. The third-order valence-electron chi connectivity index (χ3n) is 4.31. The fourth-order valence-electron chi connectivity index (χ4n) is 2.84. The van der Waals surface area contributed by atoms with Gasteiger partial charge in [0, 0.05) is 17.1 Å². The molecule has 28 heavy (non-hydrogen) atoms. The number of hydrogen-bond acceptors (Lipinski definition) is 4. The van der Waals surface area contributed by atoms with Crippen LogP contribution >= 0.6 is 0 Å². The van der Waals surface area contributed by atoms with Crippen LogP contribution in [-0.4, -0.2) is 13.0 Å². The second kappa shape index (κ2) is 7.38. The van der Waals surface area contributed by atoms with Crippen molar-refractivity contribution < 1.29 is 27.1 Å². The van der Waals surface area contributed by atoms with Crippen LogP contribution in [0.1, 0.15) is 16.7 Å². The molecule has 0 unspecified atom stereocenters. The summed E-state index contributed by atoms with van der Waals surface area (Å²) in [7, 11) is 1.48. The van der Waals surface area contributed by atoms with Gasteiger partial charge in [-0.15, -0.1) is 0 Å². The third-order valence-corrected chi connectivity index (χ3v) is 4.31. The Bertz CT molecular complexity index is 1100. The number of nitrogens with one attached hydrogen (secondary N) is 1. The van der Waals surface area contributed by atoms with Gasteiger partial charge in [-0.2, -0.15) is 13.2 Å². The SMILES string of the molecule is COc1ccc2c(C)c(CC(=O)Nc3cccc(C(F)(F)F)c3)c(=O)oc2c1. The lowest BCUT2D eigenvalue weighted by Gasteiger charge is -2.11. The average molecular weight is 391 g/mol. The molecule has 0 spiro atoms. The molecule has 146 valence electrons. The molecule has 1 N–H and O–H groups in total. The van der Waals surface area contributed by atoms with E-state index in [1.54, 1.807) is 25.1 Å². The third kappa shape index (κ3) is 4.00. The predicted octanol–water partition coefficient (Wildman–Crippen LogP) is 4.31. The standard InChI is InChI=1S/C20H16F3NO4/c1-11-15-7-6-14(27-2)9-17(15)28-19(26)16(11)10-18(25)24-13-5-3-4-12(8-13)20(21,22)23/h3-9H,10H2,1-2H3,(H,24,25). The number of ether oxygens (including phenoxy) is 1. The molecule has 0 saturated heterocycles. The Labute approximate surface area is 157 Å². The Kier molecular flexibility index (Phi) is 5.13. The molecule has 0 saturated carbocycles. The molecule has 0 aliphatic rings. The molecule has 0 radical (unpaired) electrons. The summed E-state index contributed by atoms with van der Waals surface area (Å²) in [4.78, 5) is 24.6. The fourth-order valence-corrected chi connectivity index (χ4v) is 2.84. The quantitative estimate of drug-likeness (QED) is 0.673. The van der Waals surface area contributed by atoms with E-state index in [0.29, 0.717) is 22.3 Å². The minimum absolute atomic E-state index is 0.00705. The molecule has 0 aliphatic heterocycles. The predicted molar refractivity (Wildman–Crippen MR) is 97.6 cm³/mol. The Morgan fingerprint density at radius 2 is 1.93 bits per heavy atom. The van der Waals surface area contributed by atoms with Gasteiger partial charge in [0.25, 0.3) is 0 Å². The number of methoxy groups -OCH3 is 1. The van der Waals surface area contributed by atoms with Gasteiger partial charge in [0.1, 0.15) is 11.3 Å². The maximum atomic E-state index is 12.8. The van der Waals surface area contributed by atoms with Crippen molar-refractivity contribution in [3.8, 4) is 5.75 Å². The maximum absolute atomic E-state index is 12.8. The molecule has 3 rings (SSSR count). The van der Waals surface area contributed by atoms with Crippen molar-refractivity contribution >= 4 is 22.6 Å². The van der Waals surface area contributed by atoms with E-state index >= 15 is 0 Å². The lowest BCUT2D eigenvalue weighted by atomic mass is 10.0. The second-order valence-corrected chi connectivity index (χ2v) is 6.16. The van der Waals surface area contributed by atoms with Gasteiger partial charge in [0.05, 0.1) is 24.7 Å². The highest BCUT2D eigenvalue weighted by Gasteiger charge is 2.30. The van der Waals surface area contributed by atoms with E-state index in [-0.39, 0.29) is 17.7 Å². The zero-order valence-corrected chi connectivity index (χ0v) is 15.0. The molecule has 0 fully saturated rings. The Hall–Kier alpha value is -3.29. The molecule has 1 heterocycles. The van der Waals surface area contributed by atoms with E-state index in [0.717, 1.165) is 12.1 Å². The summed E-state index contributed by atoms with van der Waals surface area (Å²) in [5, 5.41) is 3.03.